The molecule has 0 bridgehead atoms. The van der Waals surface area contributed by atoms with Gasteiger partial charge in [-0.2, -0.15) is 9.90 Å². The molecule has 4 nitrogen and oxygen atoms in total. The van der Waals surface area contributed by atoms with Crippen molar-refractivity contribution in [2.75, 3.05) is 0 Å². The van der Waals surface area contributed by atoms with Crippen LogP contribution in [0.4, 0.5) is 0 Å². The van der Waals surface area contributed by atoms with Crippen LogP contribution in [0.5, 0.6) is 0 Å². The maximum atomic E-state index is 9.10. The fraction of sp³-hybridized carbons (Fsp3) is 0. The minimum absolute atomic E-state index is 0. The summed E-state index contributed by atoms with van der Waals surface area (Å²) in [5.74, 6) is -3.65. The van der Waals surface area contributed by atoms with E-state index in [9.17, 15) is 0 Å². The van der Waals surface area contributed by atoms with Crippen molar-refractivity contribution in [3.05, 3.63) is 0 Å². The molecule has 7 heteroatoms. The van der Waals surface area contributed by atoms with E-state index in [1.165, 1.54) is 0 Å². The number of carboxylic acids is 2. The Morgan fingerprint density at radius 3 is 1.22 bits per heavy atom. The molecule has 0 aromatic heterocycles. The van der Waals surface area contributed by atoms with Crippen molar-refractivity contribution in [3.8, 4) is 0 Å². The summed E-state index contributed by atoms with van der Waals surface area (Å²) in [5.41, 5.74) is 0. The standard InChI is InChI=1S/C2H2O4.B.Li.H3P.H/c3-1(4)2(5)6;;;;/h(H,3,4)(H,5,6);;;1H3;/q;;+1;;-1. The maximum absolute atomic E-state index is 9.10. The summed E-state index contributed by atoms with van der Waals surface area (Å²) >= 11 is 0. The summed E-state index contributed by atoms with van der Waals surface area (Å²) in [6.45, 7) is 0. The molecule has 0 rings (SSSR count). The van der Waals surface area contributed by atoms with Crippen molar-refractivity contribution in [2.24, 2.45) is 0 Å². The topological polar surface area (TPSA) is 74.6 Å². The minimum atomic E-state index is -1.82. The van der Waals surface area contributed by atoms with Crippen LogP contribution >= 0.6 is 9.90 Å². The molecule has 0 heterocycles. The summed E-state index contributed by atoms with van der Waals surface area (Å²) in [6.07, 6.45) is 0. The van der Waals surface area contributed by atoms with Gasteiger partial charge in [0, 0.05) is 8.41 Å². The molecule has 0 fully saturated rings. The Labute approximate surface area is 70.9 Å². The van der Waals surface area contributed by atoms with E-state index in [1.54, 1.807) is 0 Å². The Morgan fingerprint density at radius 2 is 1.22 bits per heavy atom. The zero-order chi connectivity index (χ0) is 5.15. The van der Waals surface area contributed by atoms with E-state index in [1.807, 2.05) is 0 Å². The van der Waals surface area contributed by atoms with E-state index < -0.39 is 11.9 Å². The number of hydrogen-bond donors (Lipinski definition) is 2. The Morgan fingerprint density at radius 1 is 1.11 bits per heavy atom. The molecule has 0 saturated carbocycles. The van der Waals surface area contributed by atoms with Crippen molar-refractivity contribution in [3.63, 3.8) is 0 Å². The van der Waals surface area contributed by atoms with Crippen molar-refractivity contribution < 1.29 is 40.1 Å². The third-order valence-corrected chi connectivity index (χ3v) is 0.183. The molecule has 47 valence electrons. The predicted octanol–water partition coefficient (Wildman–Crippen LogP) is -4.05. The second-order valence-electron chi connectivity index (χ2n) is 0.610. The van der Waals surface area contributed by atoms with Gasteiger partial charge in [-0.05, 0) is 0 Å². The van der Waals surface area contributed by atoms with E-state index in [0.29, 0.717) is 0 Å². The van der Waals surface area contributed by atoms with Crippen LogP contribution < -0.4 is 18.9 Å². The first-order valence-electron chi connectivity index (χ1n) is 1.11. The quantitative estimate of drug-likeness (QED) is 0.205. The third-order valence-electron chi connectivity index (χ3n) is 0.183. The molecule has 0 aliphatic carbocycles. The SMILES string of the molecule is O=C(O)C(=O)O.P.[B].[H-].[Li+]. The second kappa shape index (κ2) is 10.9. The van der Waals surface area contributed by atoms with Crippen molar-refractivity contribution in [1.82, 2.24) is 0 Å². The molecule has 1 unspecified atom stereocenters. The van der Waals surface area contributed by atoms with E-state index >= 15 is 0 Å². The largest absolute Gasteiger partial charge is 1.00 e. The smallest absolute Gasteiger partial charge is 1.00 e. The molecular formula is C2H6BLiO4P. The molecule has 0 aromatic rings. The van der Waals surface area contributed by atoms with Gasteiger partial charge in [0.15, 0.2) is 0 Å². The van der Waals surface area contributed by atoms with Gasteiger partial charge in [-0.15, -0.1) is 0 Å². The van der Waals surface area contributed by atoms with Gasteiger partial charge in [0.05, 0.1) is 0 Å². The number of hydrogen-bond acceptors (Lipinski definition) is 2. The van der Waals surface area contributed by atoms with Gasteiger partial charge in [-0.25, -0.2) is 9.59 Å². The van der Waals surface area contributed by atoms with Gasteiger partial charge in [0.2, 0.25) is 0 Å². The fourth-order valence-corrected chi connectivity index (χ4v) is 0. The Bertz CT molecular complexity index is 89.3. The Kier molecular flexibility index (Phi) is 27.9. The van der Waals surface area contributed by atoms with Crippen LogP contribution in [-0.2, 0) is 9.59 Å². The maximum Gasteiger partial charge on any atom is 1.00 e. The van der Waals surface area contributed by atoms with Crippen molar-refractivity contribution in [1.29, 1.82) is 0 Å². The van der Waals surface area contributed by atoms with Crippen molar-refractivity contribution in [2.45, 2.75) is 0 Å². The molecule has 0 aliphatic heterocycles. The zero-order valence-corrected chi connectivity index (χ0v) is 6.41. The Hall–Kier alpha value is 0.0323. The van der Waals surface area contributed by atoms with Crippen LogP contribution in [0, 0.1) is 0 Å². The summed E-state index contributed by atoms with van der Waals surface area (Å²) in [6, 6.07) is 0. The van der Waals surface area contributed by atoms with Gasteiger partial charge in [-0.3, -0.25) is 0 Å². The van der Waals surface area contributed by atoms with Crippen LogP contribution in [0.15, 0.2) is 0 Å². The first-order chi connectivity index (χ1) is 2.64. The summed E-state index contributed by atoms with van der Waals surface area (Å²) in [4.78, 5) is 18.2. The summed E-state index contributed by atoms with van der Waals surface area (Å²) in [7, 11) is 0. The Balaban J connectivity index is -0.0000000208. The third kappa shape index (κ3) is 18.0. The fourth-order valence-electron chi connectivity index (χ4n) is 0. The van der Waals surface area contributed by atoms with Crippen LogP contribution in [0.2, 0.25) is 0 Å². The molecular weight excluding hydrogens is 137 g/mol. The molecule has 9 heavy (non-hydrogen) atoms. The molecule has 0 amide bonds. The molecule has 2 N–H and O–H groups in total. The zero-order valence-electron chi connectivity index (χ0n) is 6.00. The van der Waals surface area contributed by atoms with Crippen LogP contribution in [0.25, 0.3) is 0 Å². The minimum Gasteiger partial charge on any atom is -1.00 e. The summed E-state index contributed by atoms with van der Waals surface area (Å²) < 4.78 is 0. The van der Waals surface area contributed by atoms with Gasteiger partial charge in [-0.1, -0.05) is 0 Å². The van der Waals surface area contributed by atoms with Crippen LogP contribution in [-0.4, -0.2) is 30.6 Å². The number of rotatable bonds is 0. The van der Waals surface area contributed by atoms with Gasteiger partial charge in [0.1, 0.15) is 0 Å². The number of carbonyl (C=O) groups is 2. The normalized spacial score (nSPS) is 4.89. The van der Waals surface area contributed by atoms with E-state index in [-0.39, 0.29) is 38.6 Å². The molecule has 3 radical (unpaired) electrons. The summed E-state index contributed by atoms with van der Waals surface area (Å²) in [5, 5.41) is 14.8. The van der Waals surface area contributed by atoms with Crippen molar-refractivity contribution >= 4 is 30.3 Å². The van der Waals surface area contributed by atoms with Gasteiger partial charge < -0.3 is 11.6 Å². The first-order valence-corrected chi connectivity index (χ1v) is 1.11. The molecule has 1 atom stereocenters. The number of carboxylic acid groups (broad SMARTS) is 2. The molecule has 0 spiro atoms. The van der Waals surface area contributed by atoms with E-state index in [4.69, 9.17) is 19.8 Å². The monoisotopic (exact) mass is 143 g/mol. The van der Waals surface area contributed by atoms with E-state index in [2.05, 4.69) is 0 Å². The van der Waals surface area contributed by atoms with Crippen LogP contribution in [0.1, 0.15) is 1.43 Å². The number of aliphatic carboxylic acids is 2. The van der Waals surface area contributed by atoms with Crippen LogP contribution in [0.3, 0.4) is 0 Å². The second-order valence-corrected chi connectivity index (χ2v) is 0.610. The van der Waals surface area contributed by atoms with E-state index in [0.717, 1.165) is 0 Å². The molecule has 0 aromatic carbocycles. The van der Waals surface area contributed by atoms with Gasteiger partial charge in [0.25, 0.3) is 0 Å². The van der Waals surface area contributed by atoms with Gasteiger partial charge >= 0.3 is 30.8 Å². The average molecular weight is 143 g/mol. The molecule has 0 aliphatic rings. The predicted molar refractivity (Wildman–Crippen MR) is 33.2 cm³/mol. The average Bonchev–Trinajstić information content (AvgIpc) is 1.36. The molecule has 0 saturated heterocycles. The first kappa shape index (κ1) is 23.0.